The number of ether oxygens (including phenoxy) is 1. The molecule has 4 nitrogen and oxygen atoms in total. The van der Waals surface area contributed by atoms with Crippen molar-refractivity contribution in [2.45, 2.75) is 25.3 Å². The normalized spacial score (nSPS) is 22.2. The predicted molar refractivity (Wildman–Crippen MR) is 101 cm³/mol. The van der Waals surface area contributed by atoms with Gasteiger partial charge in [0, 0.05) is 5.92 Å². The second-order valence-corrected chi connectivity index (χ2v) is 7.33. The van der Waals surface area contributed by atoms with Crippen molar-refractivity contribution in [2.75, 3.05) is 7.11 Å². The van der Waals surface area contributed by atoms with Gasteiger partial charge in [0.2, 0.25) is 0 Å². The Kier molecular flexibility index (Phi) is 4.34. The summed E-state index contributed by atoms with van der Waals surface area (Å²) in [6.07, 6.45) is 3.12. The highest BCUT2D eigenvalue weighted by atomic mass is 79.9. The minimum atomic E-state index is -0.264. The van der Waals surface area contributed by atoms with Gasteiger partial charge < -0.3 is 10.1 Å². The van der Waals surface area contributed by atoms with Crippen LogP contribution in [0.2, 0.25) is 0 Å². The molecule has 1 aliphatic carbocycles. The molecular weight excluding hydrogens is 380 g/mol. The molecule has 0 spiro atoms. The van der Waals surface area contributed by atoms with Crippen molar-refractivity contribution >= 4 is 27.7 Å². The zero-order valence-corrected chi connectivity index (χ0v) is 15.5. The predicted octanol–water partition coefficient (Wildman–Crippen LogP) is 4.66. The zero-order valence-electron chi connectivity index (χ0n) is 14.0. The van der Waals surface area contributed by atoms with Crippen molar-refractivity contribution in [3.63, 3.8) is 0 Å². The lowest BCUT2D eigenvalue weighted by molar-refractivity contribution is 0.239. The number of aliphatic imine (C=N–C) groups is 1. The van der Waals surface area contributed by atoms with Gasteiger partial charge in [0.25, 0.3) is 0 Å². The lowest BCUT2D eigenvalue weighted by Crippen LogP contribution is -2.41. The highest BCUT2D eigenvalue weighted by Crippen LogP contribution is 2.38. The fourth-order valence-corrected chi connectivity index (χ4v) is 4.43. The molecule has 0 saturated carbocycles. The Bertz CT molecular complexity index is 863. The van der Waals surface area contributed by atoms with E-state index in [0.29, 0.717) is 0 Å². The summed E-state index contributed by atoms with van der Waals surface area (Å²) < 4.78 is 6.21. The van der Waals surface area contributed by atoms with Gasteiger partial charge in [-0.05, 0) is 64.0 Å². The average Bonchev–Trinajstić information content (AvgIpc) is 2.80. The molecule has 1 N–H and O–H groups in total. The number of fused-ring (bicyclic) bond motifs is 3. The van der Waals surface area contributed by atoms with Crippen molar-refractivity contribution in [1.82, 2.24) is 5.32 Å². The minimum absolute atomic E-state index is 0.0756. The minimum Gasteiger partial charge on any atom is -0.496 e. The van der Waals surface area contributed by atoms with Crippen molar-refractivity contribution < 1.29 is 9.53 Å². The molecule has 0 radical (unpaired) electrons. The number of carbonyl (C=O) groups excluding carboxylic acids is 1. The Hall–Kier alpha value is -2.14. The second-order valence-electron chi connectivity index (χ2n) is 6.47. The van der Waals surface area contributed by atoms with Crippen molar-refractivity contribution in [3.8, 4) is 5.75 Å². The molecule has 25 heavy (non-hydrogen) atoms. The van der Waals surface area contributed by atoms with Crippen LogP contribution in [-0.4, -0.2) is 18.9 Å². The fraction of sp³-hybridized carbons (Fsp3) is 0.300. The molecule has 2 aromatic rings. The van der Waals surface area contributed by atoms with Crippen LogP contribution >= 0.6 is 15.9 Å². The molecular formula is C20H19BrN2O2. The first-order valence-corrected chi connectivity index (χ1v) is 9.27. The Balaban J connectivity index is 1.78. The van der Waals surface area contributed by atoms with Crippen LogP contribution < -0.4 is 10.1 Å². The van der Waals surface area contributed by atoms with Gasteiger partial charge >= 0.3 is 6.03 Å². The molecule has 4 rings (SSSR count). The summed E-state index contributed by atoms with van der Waals surface area (Å²) in [5.74, 6) is 0.965. The molecule has 2 amide bonds. The van der Waals surface area contributed by atoms with E-state index in [2.05, 4.69) is 44.4 Å². The first-order chi connectivity index (χ1) is 12.2. The van der Waals surface area contributed by atoms with Gasteiger partial charge in [-0.15, -0.1) is 0 Å². The van der Waals surface area contributed by atoms with Crippen LogP contribution in [-0.2, 0) is 6.42 Å². The van der Waals surface area contributed by atoms with Gasteiger partial charge in [-0.2, -0.15) is 4.99 Å². The van der Waals surface area contributed by atoms with Crippen LogP contribution in [0.3, 0.4) is 0 Å². The highest BCUT2D eigenvalue weighted by Gasteiger charge is 2.36. The lowest BCUT2D eigenvalue weighted by Gasteiger charge is -2.32. The molecule has 0 bridgehead atoms. The van der Waals surface area contributed by atoms with Crippen molar-refractivity contribution in [3.05, 3.63) is 63.6 Å². The van der Waals surface area contributed by atoms with E-state index < -0.39 is 0 Å². The molecule has 0 aromatic heterocycles. The number of benzene rings is 2. The summed E-state index contributed by atoms with van der Waals surface area (Å²) in [6.45, 7) is 0. The SMILES string of the molecule is COc1ccc(C2NC(=O)N=C3c4ccccc4CCCC32)cc1Br. The Morgan fingerprint density at radius 2 is 2.08 bits per heavy atom. The van der Waals surface area contributed by atoms with E-state index in [9.17, 15) is 4.79 Å². The molecule has 1 heterocycles. The Morgan fingerprint density at radius 1 is 1.24 bits per heavy atom. The van der Waals surface area contributed by atoms with Crippen molar-refractivity contribution in [2.24, 2.45) is 10.9 Å². The van der Waals surface area contributed by atoms with Gasteiger partial charge in [-0.25, -0.2) is 4.79 Å². The summed E-state index contributed by atoms with van der Waals surface area (Å²) in [5.41, 5.74) is 4.40. The first-order valence-electron chi connectivity index (χ1n) is 8.48. The molecule has 5 heteroatoms. The van der Waals surface area contributed by atoms with E-state index in [1.807, 2.05) is 24.3 Å². The lowest BCUT2D eigenvalue weighted by atomic mass is 9.83. The van der Waals surface area contributed by atoms with E-state index in [1.54, 1.807) is 7.11 Å². The van der Waals surface area contributed by atoms with Gasteiger partial charge in [0.1, 0.15) is 5.75 Å². The number of aryl methyl sites for hydroxylation is 1. The number of hydrogen-bond acceptors (Lipinski definition) is 2. The number of hydrogen-bond donors (Lipinski definition) is 1. The van der Waals surface area contributed by atoms with Gasteiger partial charge in [-0.1, -0.05) is 30.3 Å². The van der Waals surface area contributed by atoms with Crippen LogP contribution in [0.4, 0.5) is 4.79 Å². The number of rotatable bonds is 2. The molecule has 0 saturated heterocycles. The standard InChI is InChI=1S/C20H19BrN2O2/c1-25-17-10-9-13(11-16(17)21)18-15-8-4-6-12-5-2-3-7-14(12)19(15)23-20(24)22-18/h2-3,5,7,9-11,15,18H,4,6,8H2,1H3,(H,22,24). The molecule has 2 aromatic carbocycles. The van der Waals surface area contributed by atoms with Crippen LogP contribution in [0.5, 0.6) is 5.75 Å². The third-order valence-electron chi connectivity index (χ3n) is 5.04. The maximum Gasteiger partial charge on any atom is 0.341 e. The first kappa shape index (κ1) is 16.3. The van der Waals surface area contributed by atoms with Gasteiger partial charge in [0.15, 0.2) is 0 Å². The Labute approximate surface area is 155 Å². The molecule has 2 aliphatic rings. The highest BCUT2D eigenvalue weighted by molar-refractivity contribution is 9.10. The largest absolute Gasteiger partial charge is 0.496 e. The number of halogens is 1. The maximum atomic E-state index is 12.3. The van der Waals surface area contributed by atoms with Crippen LogP contribution in [0, 0.1) is 5.92 Å². The number of urea groups is 1. The van der Waals surface area contributed by atoms with E-state index in [1.165, 1.54) is 5.56 Å². The topological polar surface area (TPSA) is 50.7 Å². The summed E-state index contributed by atoms with van der Waals surface area (Å²) in [7, 11) is 1.65. The van der Waals surface area contributed by atoms with E-state index >= 15 is 0 Å². The van der Waals surface area contributed by atoms with Crippen LogP contribution in [0.15, 0.2) is 51.9 Å². The molecule has 2 unspecified atom stereocenters. The molecule has 0 fully saturated rings. The van der Waals surface area contributed by atoms with E-state index in [-0.39, 0.29) is 18.0 Å². The monoisotopic (exact) mass is 398 g/mol. The number of nitrogens with zero attached hydrogens (tertiary/aromatic N) is 1. The summed E-state index contributed by atoms with van der Waals surface area (Å²) in [6, 6.07) is 14.0. The smallest absolute Gasteiger partial charge is 0.341 e. The maximum absolute atomic E-state index is 12.3. The second kappa shape index (κ2) is 6.64. The van der Waals surface area contributed by atoms with Crippen molar-refractivity contribution in [1.29, 1.82) is 0 Å². The number of carbonyl (C=O) groups is 1. The van der Waals surface area contributed by atoms with Gasteiger partial charge in [-0.3, -0.25) is 0 Å². The zero-order chi connectivity index (χ0) is 17.4. The summed E-state index contributed by atoms with van der Waals surface area (Å²) in [5, 5.41) is 3.07. The molecule has 128 valence electrons. The quantitative estimate of drug-likeness (QED) is 0.799. The Morgan fingerprint density at radius 3 is 2.88 bits per heavy atom. The van der Waals surface area contributed by atoms with E-state index in [0.717, 1.165) is 46.3 Å². The average molecular weight is 399 g/mol. The number of methoxy groups -OCH3 is 1. The third kappa shape index (κ3) is 2.97. The number of amides is 2. The number of nitrogens with one attached hydrogen (secondary N) is 1. The summed E-state index contributed by atoms with van der Waals surface area (Å²) >= 11 is 3.55. The molecule has 1 aliphatic heterocycles. The van der Waals surface area contributed by atoms with E-state index in [4.69, 9.17) is 4.74 Å². The molecule has 2 atom stereocenters. The summed E-state index contributed by atoms with van der Waals surface area (Å²) in [4.78, 5) is 16.7. The third-order valence-corrected chi connectivity index (χ3v) is 5.66. The van der Waals surface area contributed by atoms with Crippen LogP contribution in [0.1, 0.15) is 35.6 Å². The fourth-order valence-electron chi connectivity index (χ4n) is 3.87. The van der Waals surface area contributed by atoms with Crippen LogP contribution in [0.25, 0.3) is 0 Å². The van der Waals surface area contributed by atoms with Gasteiger partial charge in [0.05, 0.1) is 23.3 Å².